The summed E-state index contributed by atoms with van der Waals surface area (Å²) in [4.78, 5) is 32.3. The van der Waals surface area contributed by atoms with E-state index in [9.17, 15) is 22.4 Å². The normalized spacial score (nSPS) is 17.7. The molecule has 35 heavy (non-hydrogen) atoms. The van der Waals surface area contributed by atoms with Gasteiger partial charge in [0.2, 0.25) is 0 Å². The van der Waals surface area contributed by atoms with Crippen molar-refractivity contribution in [2.45, 2.75) is 38.8 Å². The van der Waals surface area contributed by atoms with E-state index in [1.165, 1.54) is 12.1 Å². The smallest absolute Gasteiger partial charge is 0.339 e. The third kappa shape index (κ3) is 5.51. The van der Waals surface area contributed by atoms with Gasteiger partial charge in [0, 0.05) is 23.0 Å². The highest BCUT2D eigenvalue weighted by atomic mass is 32.2. The second-order valence-electron chi connectivity index (χ2n) is 8.77. The van der Waals surface area contributed by atoms with Crippen LogP contribution in [0.2, 0.25) is 0 Å². The fourth-order valence-electron chi connectivity index (χ4n) is 4.39. The lowest BCUT2D eigenvalue weighted by Crippen LogP contribution is -2.48. The molecule has 2 aromatic carbocycles. The number of rotatable bonds is 7. The number of para-hydroxylation sites is 1. The van der Waals surface area contributed by atoms with E-state index >= 15 is 0 Å². The van der Waals surface area contributed by atoms with Gasteiger partial charge < -0.3 is 9.64 Å². The van der Waals surface area contributed by atoms with E-state index in [2.05, 4.69) is 4.98 Å². The van der Waals surface area contributed by atoms with E-state index in [1.54, 1.807) is 47.4 Å². The fourth-order valence-corrected chi connectivity index (χ4v) is 6.10. The molecule has 1 aromatic heterocycles. The van der Waals surface area contributed by atoms with Gasteiger partial charge in [0.25, 0.3) is 5.91 Å². The first-order valence-electron chi connectivity index (χ1n) is 11.5. The molecule has 0 N–H and O–H groups in total. The standard InChI is InChI=1S/C26H27FN2O5S/c1-3-17(2)29(20-12-13-35(32,33)16-20)25(30)15-34-26(31)22-14-24(18-8-10-19(27)11-9-18)28-23-7-5-4-6-21(22)23/h4-11,14,17,20H,3,12-13,15-16H2,1-2H3. The Hall–Kier alpha value is -3.33. The number of carbonyl (C=O) groups excluding carboxylic acids is 2. The van der Waals surface area contributed by atoms with Crippen molar-refractivity contribution in [3.05, 3.63) is 66.0 Å². The number of amides is 1. The Balaban J connectivity index is 1.58. The van der Waals surface area contributed by atoms with Gasteiger partial charge in [0.15, 0.2) is 16.4 Å². The minimum Gasteiger partial charge on any atom is -0.452 e. The van der Waals surface area contributed by atoms with Crippen LogP contribution >= 0.6 is 0 Å². The number of esters is 1. The Morgan fingerprint density at radius 3 is 2.54 bits per heavy atom. The molecular formula is C26H27FN2O5S. The van der Waals surface area contributed by atoms with Gasteiger partial charge in [-0.05, 0) is 56.2 Å². The second kappa shape index (κ2) is 10.1. The lowest BCUT2D eigenvalue weighted by Gasteiger charge is -2.33. The highest BCUT2D eigenvalue weighted by Gasteiger charge is 2.36. The summed E-state index contributed by atoms with van der Waals surface area (Å²) in [7, 11) is -3.18. The summed E-state index contributed by atoms with van der Waals surface area (Å²) in [6.45, 7) is 3.28. The minimum absolute atomic E-state index is 0.0484. The van der Waals surface area contributed by atoms with Gasteiger partial charge in [-0.3, -0.25) is 4.79 Å². The number of hydrogen-bond donors (Lipinski definition) is 0. The molecule has 2 unspecified atom stereocenters. The summed E-state index contributed by atoms with van der Waals surface area (Å²) in [5.41, 5.74) is 1.90. The van der Waals surface area contributed by atoms with Crippen molar-refractivity contribution < 1.29 is 27.1 Å². The lowest BCUT2D eigenvalue weighted by atomic mass is 10.0. The predicted octanol–water partition coefficient (Wildman–Crippen LogP) is 4.01. The minimum atomic E-state index is -3.18. The van der Waals surface area contributed by atoms with Gasteiger partial charge in [-0.25, -0.2) is 22.6 Å². The van der Waals surface area contributed by atoms with Crippen LogP contribution in [0.1, 0.15) is 37.0 Å². The van der Waals surface area contributed by atoms with E-state index < -0.39 is 34.4 Å². The third-order valence-corrected chi connectivity index (χ3v) is 8.11. The maximum absolute atomic E-state index is 13.4. The molecule has 1 aliphatic heterocycles. The first-order valence-corrected chi connectivity index (χ1v) is 13.3. The maximum Gasteiger partial charge on any atom is 0.339 e. The topological polar surface area (TPSA) is 93.6 Å². The third-order valence-electron chi connectivity index (χ3n) is 6.36. The summed E-state index contributed by atoms with van der Waals surface area (Å²) in [6.07, 6.45) is 1.02. The summed E-state index contributed by atoms with van der Waals surface area (Å²) in [6, 6.07) is 13.8. The first kappa shape index (κ1) is 24.8. The molecule has 3 aromatic rings. The fraction of sp³-hybridized carbons (Fsp3) is 0.346. The zero-order chi connectivity index (χ0) is 25.2. The van der Waals surface area contributed by atoms with Gasteiger partial charge in [-0.2, -0.15) is 0 Å². The monoisotopic (exact) mass is 498 g/mol. The highest BCUT2D eigenvalue weighted by Crippen LogP contribution is 2.26. The first-order chi connectivity index (χ1) is 16.7. The average molecular weight is 499 g/mol. The van der Waals surface area contributed by atoms with Crippen molar-refractivity contribution in [1.82, 2.24) is 9.88 Å². The number of halogens is 1. The number of carbonyl (C=O) groups is 2. The molecule has 2 heterocycles. The summed E-state index contributed by atoms with van der Waals surface area (Å²) < 4.78 is 42.7. The molecule has 1 amide bonds. The van der Waals surface area contributed by atoms with Gasteiger partial charge in [0.1, 0.15) is 5.82 Å². The van der Waals surface area contributed by atoms with Crippen LogP contribution in [0.5, 0.6) is 0 Å². The summed E-state index contributed by atoms with van der Waals surface area (Å²) in [5.74, 6) is -1.52. The van der Waals surface area contributed by atoms with Crippen LogP contribution in [-0.4, -0.2) is 60.4 Å². The number of pyridine rings is 1. The Kier molecular flexibility index (Phi) is 7.16. The second-order valence-corrected chi connectivity index (χ2v) is 11.0. The van der Waals surface area contributed by atoms with Crippen LogP contribution in [-0.2, 0) is 19.4 Å². The lowest BCUT2D eigenvalue weighted by molar-refractivity contribution is -0.138. The highest BCUT2D eigenvalue weighted by molar-refractivity contribution is 7.91. The molecule has 7 nitrogen and oxygen atoms in total. The van der Waals surface area contributed by atoms with Gasteiger partial charge in [-0.15, -0.1) is 0 Å². The van der Waals surface area contributed by atoms with Crippen LogP contribution < -0.4 is 0 Å². The quantitative estimate of drug-likeness (QED) is 0.457. The van der Waals surface area contributed by atoms with Gasteiger partial charge in [-0.1, -0.05) is 25.1 Å². The van der Waals surface area contributed by atoms with Crippen LogP contribution in [0.25, 0.3) is 22.2 Å². The van der Waals surface area contributed by atoms with E-state index in [1.807, 2.05) is 13.8 Å². The SMILES string of the molecule is CCC(C)N(C(=O)COC(=O)c1cc(-c2ccc(F)cc2)nc2ccccc12)C1CCS(=O)(=O)C1. The van der Waals surface area contributed by atoms with Gasteiger partial charge in [0.05, 0.1) is 28.3 Å². The Bertz CT molecular complexity index is 1360. The van der Waals surface area contributed by atoms with E-state index in [4.69, 9.17) is 4.74 Å². The molecular weight excluding hydrogens is 471 g/mol. The molecule has 1 saturated heterocycles. The molecule has 184 valence electrons. The van der Waals surface area contributed by atoms with E-state index in [-0.39, 0.29) is 28.9 Å². The molecule has 0 aliphatic carbocycles. The van der Waals surface area contributed by atoms with Crippen LogP contribution in [0.3, 0.4) is 0 Å². The van der Waals surface area contributed by atoms with Crippen molar-refractivity contribution >= 4 is 32.6 Å². The average Bonchev–Trinajstić information content (AvgIpc) is 3.21. The van der Waals surface area contributed by atoms with Crippen molar-refractivity contribution in [3.8, 4) is 11.3 Å². The largest absolute Gasteiger partial charge is 0.452 e. The number of benzene rings is 2. The summed E-state index contributed by atoms with van der Waals surface area (Å²) in [5, 5.41) is 0.566. The molecule has 2 atom stereocenters. The zero-order valence-corrected chi connectivity index (χ0v) is 20.4. The zero-order valence-electron chi connectivity index (χ0n) is 19.6. The van der Waals surface area contributed by atoms with E-state index in [0.29, 0.717) is 35.0 Å². The molecule has 0 saturated carbocycles. The Labute approximate surface area is 203 Å². The molecule has 0 bridgehead atoms. The van der Waals surface area contributed by atoms with Crippen molar-refractivity contribution in [2.75, 3.05) is 18.1 Å². The molecule has 4 rings (SSSR count). The van der Waals surface area contributed by atoms with Crippen LogP contribution in [0.4, 0.5) is 4.39 Å². The Morgan fingerprint density at radius 2 is 1.89 bits per heavy atom. The predicted molar refractivity (Wildman–Crippen MR) is 131 cm³/mol. The number of sulfone groups is 1. The van der Waals surface area contributed by atoms with Crippen LogP contribution in [0, 0.1) is 5.82 Å². The van der Waals surface area contributed by atoms with Crippen LogP contribution in [0.15, 0.2) is 54.6 Å². The van der Waals surface area contributed by atoms with Crippen molar-refractivity contribution in [2.24, 2.45) is 0 Å². The number of nitrogens with zero attached hydrogens (tertiary/aromatic N) is 2. The van der Waals surface area contributed by atoms with Crippen molar-refractivity contribution in [1.29, 1.82) is 0 Å². The molecule has 1 fully saturated rings. The summed E-state index contributed by atoms with van der Waals surface area (Å²) >= 11 is 0. The molecule has 0 radical (unpaired) electrons. The molecule has 1 aliphatic rings. The molecule has 9 heteroatoms. The number of ether oxygens (including phenoxy) is 1. The maximum atomic E-state index is 13.4. The van der Waals surface area contributed by atoms with Crippen molar-refractivity contribution in [3.63, 3.8) is 0 Å². The number of aromatic nitrogens is 1. The molecule has 0 spiro atoms. The van der Waals surface area contributed by atoms with Gasteiger partial charge >= 0.3 is 5.97 Å². The van der Waals surface area contributed by atoms with E-state index in [0.717, 1.165) is 0 Å². The number of hydrogen-bond acceptors (Lipinski definition) is 6. The Morgan fingerprint density at radius 1 is 1.17 bits per heavy atom. The number of fused-ring (bicyclic) bond motifs is 1.